The van der Waals surface area contributed by atoms with Crippen molar-refractivity contribution in [2.24, 2.45) is 5.73 Å². The van der Waals surface area contributed by atoms with Crippen LogP contribution in [0.25, 0.3) is 11.2 Å². The molecule has 1 unspecified atom stereocenters. The van der Waals surface area contributed by atoms with E-state index in [4.69, 9.17) is 22.3 Å². The Hall–Kier alpha value is -4.59. The molecule has 1 amide bonds. The van der Waals surface area contributed by atoms with Gasteiger partial charge >= 0.3 is 11.9 Å². The fourth-order valence-corrected chi connectivity index (χ4v) is 3.94. The first-order valence-electron chi connectivity index (χ1n) is 12.5. The van der Waals surface area contributed by atoms with E-state index in [1.54, 1.807) is 30.5 Å². The molecule has 0 radical (unpaired) electrons. The maximum Gasteiger partial charge on any atom is 0.326 e. The molecule has 14 nitrogen and oxygen atoms in total. The number of amides is 1. The Morgan fingerprint density at radius 1 is 0.974 bits per heavy atom. The number of carbonyl (C=O) groups is 3. The first kappa shape index (κ1) is 29.0. The summed E-state index contributed by atoms with van der Waals surface area (Å²) >= 11 is 0. The minimum Gasteiger partial charge on any atom is -0.481 e. The molecule has 1 atom stereocenters. The van der Waals surface area contributed by atoms with Gasteiger partial charge in [0.25, 0.3) is 5.91 Å². The maximum atomic E-state index is 12.6. The van der Waals surface area contributed by atoms with Gasteiger partial charge in [0.15, 0.2) is 17.0 Å². The summed E-state index contributed by atoms with van der Waals surface area (Å²) in [6.07, 6.45) is 4.86. The Kier molecular flexibility index (Phi) is 10.3. The first-order chi connectivity index (χ1) is 18.7. The highest BCUT2D eigenvalue weighted by atomic mass is 16.4. The predicted molar refractivity (Wildman–Crippen MR) is 145 cm³/mol. The van der Waals surface area contributed by atoms with Crippen LogP contribution < -0.4 is 27.4 Å². The van der Waals surface area contributed by atoms with E-state index >= 15 is 0 Å². The lowest BCUT2D eigenvalue weighted by atomic mass is 10.1. The molecular weight excluding hydrogens is 506 g/mol. The lowest BCUT2D eigenvalue weighted by Gasteiger charge is -2.25. The fourth-order valence-electron chi connectivity index (χ4n) is 3.94. The number of aromatic nitrogens is 4. The smallest absolute Gasteiger partial charge is 0.326 e. The van der Waals surface area contributed by atoms with Gasteiger partial charge in [-0.1, -0.05) is 12.8 Å². The monoisotopic (exact) mass is 539 g/mol. The van der Waals surface area contributed by atoms with Crippen molar-refractivity contribution < 1.29 is 24.6 Å². The Balaban J connectivity index is 1.77. The van der Waals surface area contributed by atoms with Gasteiger partial charge in [-0.3, -0.25) is 9.59 Å². The van der Waals surface area contributed by atoms with Crippen molar-refractivity contribution in [1.29, 1.82) is 0 Å². The van der Waals surface area contributed by atoms with Crippen molar-refractivity contribution in [2.45, 2.75) is 51.1 Å². The highest BCUT2D eigenvalue weighted by molar-refractivity contribution is 5.97. The summed E-state index contributed by atoms with van der Waals surface area (Å²) in [6, 6.07) is 5.38. The Labute approximate surface area is 224 Å². The van der Waals surface area contributed by atoms with Crippen LogP contribution in [0.3, 0.4) is 0 Å². The molecule has 3 aromatic rings. The van der Waals surface area contributed by atoms with Gasteiger partial charge in [0.2, 0.25) is 5.95 Å². The van der Waals surface area contributed by atoms with Crippen molar-refractivity contribution >= 4 is 46.5 Å². The summed E-state index contributed by atoms with van der Waals surface area (Å²) in [5, 5.41) is 20.5. The summed E-state index contributed by atoms with van der Waals surface area (Å²) < 4.78 is 0. The van der Waals surface area contributed by atoms with Gasteiger partial charge in [-0.15, -0.1) is 0 Å². The van der Waals surface area contributed by atoms with Crippen LogP contribution in [-0.4, -0.2) is 67.1 Å². The van der Waals surface area contributed by atoms with E-state index in [1.165, 1.54) is 0 Å². The number of unbranched alkanes of at least 4 members (excludes halogenated alkanes) is 3. The highest BCUT2D eigenvalue weighted by Gasteiger charge is 2.22. The molecular formula is C25H33N9O5. The molecule has 0 saturated heterocycles. The predicted octanol–water partition coefficient (Wildman–Crippen LogP) is 1.16. The van der Waals surface area contributed by atoms with Gasteiger partial charge in [-0.2, -0.15) is 9.97 Å². The summed E-state index contributed by atoms with van der Waals surface area (Å²) in [6.45, 7) is 1.73. The van der Waals surface area contributed by atoms with Crippen LogP contribution in [-0.2, 0) is 16.1 Å². The number of aliphatic carboxylic acids is 2. The second-order valence-corrected chi connectivity index (χ2v) is 8.97. The van der Waals surface area contributed by atoms with Crippen molar-refractivity contribution in [3.05, 3.63) is 41.7 Å². The highest BCUT2D eigenvalue weighted by Crippen LogP contribution is 2.21. The molecule has 9 N–H and O–H groups in total. The number of hydrogen-bond acceptors (Lipinski definition) is 11. The van der Waals surface area contributed by atoms with Crippen LogP contribution in [0.5, 0.6) is 0 Å². The molecule has 3 rings (SSSR count). The van der Waals surface area contributed by atoms with E-state index in [2.05, 4.69) is 30.2 Å². The molecule has 2 aromatic heterocycles. The van der Waals surface area contributed by atoms with Crippen LogP contribution in [0.2, 0.25) is 0 Å². The van der Waals surface area contributed by atoms with Crippen molar-refractivity contribution in [2.75, 3.05) is 29.5 Å². The zero-order valence-electron chi connectivity index (χ0n) is 21.4. The number of benzene rings is 1. The minimum atomic E-state index is -1.31. The molecule has 0 spiro atoms. The molecule has 208 valence electrons. The number of nitrogens with one attached hydrogen (secondary N) is 1. The molecule has 0 fully saturated rings. The molecule has 2 heterocycles. The molecule has 0 aliphatic carbocycles. The maximum absolute atomic E-state index is 12.6. The van der Waals surface area contributed by atoms with E-state index in [-0.39, 0.29) is 30.2 Å². The summed E-state index contributed by atoms with van der Waals surface area (Å²) in [4.78, 5) is 53.8. The van der Waals surface area contributed by atoms with Gasteiger partial charge in [-0.05, 0) is 50.1 Å². The van der Waals surface area contributed by atoms with Gasteiger partial charge < -0.3 is 37.6 Å². The van der Waals surface area contributed by atoms with Crippen LogP contribution in [0.15, 0.2) is 30.5 Å². The number of carboxylic acid groups (broad SMARTS) is 2. The standard InChI is InChI=1S/C25H33N9O5/c26-11-3-1-2-4-12-34(14-16-13-29-22-20(30-16)21(27)32-25(28)33-22)17-7-5-15(6-8-17)23(37)31-18(24(38)39)9-10-19(35)36/h5-8,13,18H,1-4,9-12,14,26H2,(H,31,37)(H,35,36)(H,38,39)(H4,27,28,29,32,33). The number of carboxylic acids is 2. The molecule has 14 heteroatoms. The Morgan fingerprint density at radius 3 is 2.36 bits per heavy atom. The third-order valence-electron chi connectivity index (χ3n) is 5.98. The van der Waals surface area contributed by atoms with Crippen LogP contribution in [0, 0.1) is 0 Å². The number of rotatable bonds is 15. The third-order valence-corrected chi connectivity index (χ3v) is 5.98. The number of nitrogen functional groups attached to an aromatic ring is 2. The normalized spacial score (nSPS) is 11.7. The van der Waals surface area contributed by atoms with E-state index in [1.807, 2.05) is 0 Å². The lowest BCUT2D eigenvalue weighted by molar-refractivity contribution is -0.140. The largest absolute Gasteiger partial charge is 0.481 e. The van der Waals surface area contributed by atoms with Crippen LogP contribution in [0.4, 0.5) is 17.5 Å². The van der Waals surface area contributed by atoms with Crippen molar-refractivity contribution in [1.82, 2.24) is 25.3 Å². The Bertz CT molecular complexity index is 1300. The SMILES string of the molecule is NCCCCCCN(Cc1cnc2nc(N)nc(N)c2n1)c1ccc(C(=O)NC(CCC(=O)O)C(=O)O)cc1. The van der Waals surface area contributed by atoms with Gasteiger partial charge in [0.05, 0.1) is 18.4 Å². The van der Waals surface area contributed by atoms with Crippen molar-refractivity contribution in [3.8, 4) is 0 Å². The van der Waals surface area contributed by atoms with Crippen molar-refractivity contribution in [3.63, 3.8) is 0 Å². The fraction of sp³-hybridized carbons (Fsp3) is 0.400. The number of nitrogens with zero attached hydrogens (tertiary/aromatic N) is 5. The Morgan fingerprint density at radius 2 is 1.69 bits per heavy atom. The van der Waals surface area contributed by atoms with Gasteiger partial charge in [-0.25, -0.2) is 14.8 Å². The average Bonchev–Trinajstić information content (AvgIpc) is 2.90. The third kappa shape index (κ3) is 8.46. The molecule has 0 saturated carbocycles. The molecule has 0 aliphatic heterocycles. The van der Waals surface area contributed by atoms with E-state index in [0.29, 0.717) is 36.5 Å². The molecule has 0 aliphatic rings. The molecule has 1 aromatic carbocycles. The van der Waals surface area contributed by atoms with Crippen LogP contribution in [0.1, 0.15) is 54.6 Å². The molecule has 0 bridgehead atoms. The number of carbonyl (C=O) groups excluding carboxylic acids is 1. The summed E-state index contributed by atoms with van der Waals surface area (Å²) in [5.74, 6) is -2.89. The number of anilines is 3. The zero-order chi connectivity index (χ0) is 28.4. The zero-order valence-corrected chi connectivity index (χ0v) is 21.4. The lowest BCUT2D eigenvalue weighted by Crippen LogP contribution is -2.41. The number of fused-ring (bicyclic) bond motifs is 1. The first-order valence-corrected chi connectivity index (χ1v) is 12.5. The minimum absolute atomic E-state index is 0.0156. The van der Waals surface area contributed by atoms with E-state index in [9.17, 15) is 19.5 Å². The van der Waals surface area contributed by atoms with Crippen LogP contribution >= 0.6 is 0 Å². The topological polar surface area (TPSA) is 237 Å². The number of nitrogens with two attached hydrogens (primary N) is 3. The van der Waals surface area contributed by atoms with Gasteiger partial charge in [0, 0.05) is 24.2 Å². The quantitative estimate of drug-likeness (QED) is 0.149. The number of hydrogen-bond donors (Lipinski definition) is 6. The van der Waals surface area contributed by atoms with E-state index in [0.717, 1.165) is 31.4 Å². The summed E-state index contributed by atoms with van der Waals surface area (Å²) in [7, 11) is 0. The average molecular weight is 540 g/mol. The second-order valence-electron chi connectivity index (χ2n) is 8.97. The summed E-state index contributed by atoms with van der Waals surface area (Å²) in [5.41, 5.74) is 19.6. The second kappa shape index (κ2) is 13.8. The van der Waals surface area contributed by atoms with E-state index < -0.39 is 23.9 Å². The van der Waals surface area contributed by atoms with Gasteiger partial charge in [0.1, 0.15) is 6.04 Å². The molecule has 39 heavy (non-hydrogen) atoms.